The van der Waals surface area contributed by atoms with E-state index in [4.69, 9.17) is 13.9 Å². The van der Waals surface area contributed by atoms with Crippen LogP contribution in [0.25, 0.3) is 22.6 Å². The number of ether oxygens (including phenoxy) is 2. The van der Waals surface area contributed by atoms with Crippen molar-refractivity contribution in [3.8, 4) is 23.0 Å². The number of carbonyl (C=O) groups excluding carboxylic acids is 1. The molecule has 1 aliphatic carbocycles. The molecule has 6 rings (SSSR count). The molecule has 4 aromatic rings. The van der Waals surface area contributed by atoms with Gasteiger partial charge < -0.3 is 19.2 Å². The molecule has 1 fully saturated rings. The Morgan fingerprint density at radius 2 is 1.73 bits per heavy atom. The highest BCUT2D eigenvalue weighted by atomic mass is 16.7. The quantitative estimate of drug-likeness (QED) is 0.530. The van der Waals surface area contributed by atoms with Crippen LogP contribution in [0.3, 0.4) is 0 Å². The molecule has 0 spiro atoms. The molecule has 2 heterocycles. The van der Waals surface area contributed by atoms with Crippen LogP contribution in [-0.4, -0.2) is 17.7 Å². The maximum absolute atomic E-state index is 13.1. The Morgan fingerprint density at radius 3 is 2.53 bits per heavy atom. The molecule has 0 bridgehead atoms. The first kappa shape index (κ1) is 17.1. The van der Waals surface area contributed by atoms with Crippen molar-refractivity contribution in [1.29, 1.82) is 0 Å². The van der Waals surface area contributed by atoms with Crippen molar-refractivity contribution in [3.05, 3.63) is 72.3 Å². The predicted octanol–water partition coefficient (Wildman–Crippen LogP) is 4.89. The average Bonchev–Trinajstić information content (AvgIpc) is 3.26. The third-order valence-corrected chi connectivity index (χ3v) is 5.79. The second-order valence-corrected chi connectivity index (χ2v) is 7.67. The highest BCUT2D eigenvalue weighted by Gasteiger charge is 2.51. The summed E-state index contributed by atoms with van der Waals surface area (Å²) in [5, 5.41) is 3.05. The lowest BCUT2D eigenvalue weighted by Crippen LogP contribution is -2.27. The average molecular weight is 398 g/mol. The number of nitrogens with zero attached hydrogens (tertiary/aromatic N) is 1. The lowest BCUT2D eigenvalue weighted by atomic mass is 9.94. The van der Waals surface area contributed by atoms with Gasteiger partial charge in [0.15, 0.2) is 17.1 Å². The SMILES string of the molecule is O=C(Nc1ccc(-c2nc3ccccc3o2)cc1)C1(c2ccc3c(c2)OCO3)CC1. The third kappa shape index (κ3) is 2.72. The van der Waals surface area contributed by atoms with E-state index >= 15 is 0 Å². The maximum Gasteiger partial charge on any atom is 0.235 e. The van der Waals surface area contributed by atoms with Crippen LogP contribution in [0.2, 0.25) is 0 Å². The molecule has 1 aromatic heterocycles. The molecule has 1 N–H and O–H groups in total. The number of hydrogen-bond donors (Lipinski definition) is 1. The molecule has 2 aliphatic rings. The summed E-state index contributed by atoms with van der Waals surface area (Å²) in [5.74, 6) is 1.99. The number of rotatable bonds is 4. The fraction of sp³-hybridized carbons (Fsp3) is 0.167. The van der Waals surface area contributed by atoms with Gasteiger partial charge in [-0.1, -0.05) is 18.2 Å². The smallest absolute Gasteiger partial charge is 0.235 e. The molecule has 6 nitrogen and oxygen atoms in total. The summed E-state index contributed by atoms with van der Waals surface area (Å²) in [4.78, 5) is 17.6. The van der Waals surface area contributed by atoms with E-state index < -0.39 is 5.41 Å². The highest BCUT2D eigenvalue weighted by Crippen LogP contribution is 2.51. The third-order valence-electron chi connectivity index (χ3n) is 5.79. The first-order chi connectivity index (χ1) is 14.7. The van der Waals surface area contributed by atoms with Crippen LogP contribution < -0.4 is 14.8 Å². The van der Waals surface area contributed by atoms with Crippen molar-refractivity contribution in [1.82, 2.24) is 4.98 Å². The number of amides is 1. The molecular formula is C24H18N2O4. The van der Waals surface area contributed by atoms with Gasteiger partial charge in [-0.2, -0.15) is 0 Å². The van der Waals surface area contributed by atoms with Crippen LogP contribution in [0.4, 0.5) is 5.69 Å². The van der Waals surface area contributed by atoms with Crippen molar-refractivity contribution >= 4 is 22.7 Å². The number of nitrogens with one attached hydrogen (secondary N) is 1. The van der Waals surface area contributed by atoms with E-state index in [0.717, 1.165) is 46.5 Å². The van der Waals surface area contributed by atoms with Gasteiger partial charge in [0.05, 0.1) is 5.41 Å². The summed E-state index contributed by atoms with van der Waals surface area (Å²) in [6.45, 7) is 0.227. The number of hydrogen-bond acceptors (Lipinski definition) is 5. The molecule has 0 atom stereocenters. The number of anilines is 1. The van der Waals surface area contributed by atoms with Crippen molar-refractivity contribution in [3.63, 3.8) is 0 Å². The van der Waals surface area contributed by atoms with Crippen LogP contribution in [0.1, 0.15) is 18.4 Å². The van der Waals surface area contributed by atoms with Gasteiger partial charge in [-0.25, -0.2) is 4.98 Å². The second-order valence-electron chi connectivity index (χ2n) is 7.67. The molecule has 3 aromatic carbocycles. The standard InChI is InChI=1S/C24H18N2O4/c27-23(24(11-12-24)16-7-10-20-21(13-16)29-14-28-20)25-17-8-5-15(6-9-17)22-26-18-3-1-2-4-19(18)30-22/h1-10,13H,11-12,14H2,(H,25,27). The summed E-state index contributed by atoms with van der Waals surface area (Å²) in [6.07, 6.45) is 1.64. The van der Waals surface area contributed by atoms with Crippen molar-refractivity contribution in [2.45, 2.75) is 18.3 Å². The minimum absolute atomic E-state index is 0.00372. The number of aromatic nitrogens is 1. The lowest BCUT2D eigenvalue weighted by molar-refractivity contribution is -0.118. The van der Waals surface area contributed by atoms with Gasteiger partial charge in [0.1, 0.15) is 5.52 Å². The zero-order valence-electron chi connectivity index (χ0n) is 16.1. The highest BCUT2D eigenvalue weighted by molar-refractivity contribution is 6.01. The first-order valence-electron chi connectivity index (χ1n) is 9.89. The van der Waals surface area contributed by atoms with Crippen LogP contribution in [0.5, 0.6) is 11.5 Å². The van der Waals surface area contributed by atoms with Crippen molar-refractivity contribution < 1.29 is 18.7 Å². The summed E-state index contributed by atoms with van der Waals surface area (Å²) in [6, 6.07) is 21.0. The molecular weight excluding hydrogens is 380 g/mol. The minimum atomic E-state index is -0.500. The van der Waals surface area contributed by atoms with Crippen LogP contribution in [-0.2, 0) is 10.2 Å². The Morgan fingerprint density at radius 1 is 0.933 bits per heavy atom. The van der Waals surface area contributed by atoms with E-state index in [-0.39, 0.29) is 12.7 Å². The van der Waals surface area contributed by atoms with E-state index in [2.05, 4.69) is 10.3 Å². The van der Waals surface area contributed by atoms with Gasteiger partial charge in [-0.05, 0) is 66.9 Å². The number of fused-ring (bicyclic) bond motifs is 2. The Bertz CT molecular complexity index is 1240. The van der Waals surface area contributed by atoms with E-state index in [1.807, 2.05) is 66.7 Å². The maximum atomic E-state index is 13.1. The molecule has 0 radical (unpaired) electrons. The van der Waals surface area contributed by atoms with Gasteiger partial charge in [0.2, 0.25) is 18.6 Å². The van der Waals surface area contributed by atoms with Gasteiger partial charge in [0.25, 0.3) is 0 Å². The van der Waals surface area contributed by atoms with Crippen LogP contribution >= 0.6 is 0 Å². The summed E-state index contributed by atoms with van der Waals surface area (Å²) in [5.41, 5.74) is 3.65. The Labute approximate surface area is 172 Å². The van der Waals surface area contributed by atoms with Crippen molar-refractivity contribution in [2.24, 2.45) is 0 Å². The molecule has 1 aliphatic heterocycles. The van der Waals surface area contributed by atoms with Crippen molar-refractivity contribution in [2.75, 3.05) is 12.1 Å². The van der Waals surface area contributed by atoms with Gasteiger partial charge in [-0.3, -0.25) is 4.79 Å². The lowest BCUT2D eigenvalue weighted by Gasteiger charge is -2.16. The number of carbonyl (C=O) groups is 1. The van der Waals surface area contributed by atoms with E-state index in [1.54, 1.807) is 0 Å². The topological polar surface area (TPSA) is 73.6 Å². The fourth-order valence-corrected chi connectivity index (χ4v) is 3.91. The summed E-state index contributed by atoms with van der Waals surface area (Å²) in [7, 11) is 0. The molecule has 30 heavy (non-hydrogen) atoms. The molecule has 0 saturated heterocycles. The first-order valence-corrected chi connectivity index (χ1v) is 9.89. The van der Waals surface area contributed by atoms with Gasteiger partial charge in [-0.15, -0.1) is 0 Å². The van der Waals surface area contributed by atoms with Gasteiger partial charge >= 0.3 is 0 Å². The minimum Gasteiger partial charge on any atom is -0.454 e. The van der Waals surface area contributed by atoms with Crippen LogP contribution in [0, 0.1) is 0 Å². The summed E-state index contributed by atoms with van der Waals surface area (Å²) < 4.78 is 16.7. The Kier molecular flexibility index (Phi) is 3.62. The molecule has 1 amide bonds. The molecule has 1 saturated carbocycles. The second kappa shape index (κ2) is 6.35. The normalized spacial score (nSPS) is 15.9. The van der Waals surface area contributed by atoms with Crippen LogP contribution in [0.15, 0.2) is 71.1 Å². The molecule has 6 heteroatoms. The van der Waals surface area contributed by atoms with E-state index in [9.17, 15) is 4.79 Å². The largest absolute Gasteiger partial charge is 0.454 e. The number of oxazole rings is 1. The Balaban J connectivity index is 1.22. The van der Waals surface area contributed by atoms with E-state index in [0.29, 0.717) is 11.6 Å². The molecule has 0 unspecified atom stereocenters. The fourth-order valence-electron chi connectivity index (χ4n) is 3.91. The summed E-state index contributed by atoms with van der Waals surface area (Å²) >= 11 is 0. The molecule has 148 valence electrons. The van der Waals surface area contributed by atoms with E-state index in [1.165, 1.54) is 0 Å². The van der Waals surface area contributed by atoms with Gasteiger partial charge in [0, 0.05) is 11.3 Å². The number of para-hydroxylation sites is 2. The predicted molar refractivity (Wildman–Crippen MR) is 112 cm³/mol. The monoisotopic (exact) mass is 398 g/mol. The Hall–Kier alpha value is -3.80. The zero-order valence-corrected chi connectivity index (χ0v) is 16.1. The zero-order chi connectivity index (χ0) is 20.1. The number of benzene rings is 3.